The number of fused-ring (bicyclic) bond motifs is 1. The summed E-state index contributed by atoms with van der Waals surface area (Å²) in [5, 5.41) is 0. The van der Waals surface area contributed by atoms with Crippen molar-refractivity contribution in [2.24, 2.45) is 0 Å². The van der Waals surface area contributed by atoms with Gasteiger partial charge in [0.05, 0.1) is 26.4 Å². The number of rotatable bonds is 1. The molecule has 0 N–H and O–H groups in total. The van der Waals surface area contributed by atoms with E-state index in [4.69, 9.17) is 18.9 Å². The minimum Gasteiger partial charge on any atom is -0.490 e. The summed E-state index contributed by atoms with van der Waals surface area (Å²) in [6.07, 6.45) is 1.66. The average Bonchev–Trinajstić information content (AvgIpc) is 2.49. The van der Waals surface area contributed by atoms with E-state index in [9.17, 15) is 4.79 Å². The molecule has 0 amide bonds. The van der Waals surface area contributed by atoms with Crippen molar-refractivity contribution in [3.63, 3.8) is 0 Å². The van der Waals surface area contributed by atoms with E-state index in [-0.39, 0.29) is 0 Å². The first-order valence-electron chi connectivity index (χ1n) is 6.89. The van der Waals surface area contributed by atoms with Crippen LogP contribution < -0.4 is 9.47 Å². The minimum atomic E-state index is -0.449. The van der Waals surface area contributed by atoms with Gasteiger partial charge in [-0.15, -0.1) is 0 Å². The van der Waals surface area contributed by atoms with E-state index in [0.29, 0.717) is 51.0 Å². The lowest BCUT2D eigenvalue weighted by Crippen LogP contribution is -2.21. The molecule has 0 fully saturated rings. The summed E-state index contributed by atoms with van der Waals surface area (Å²) in [7, 11) is 0. The Kier molecular flexibility index (Phi) is 6.34. The van der Waals surface area contributed by atoms with Crippen LogP contribution in [0.1, 0.15) is 12.8 Å². The van der Waals surface area contributed by atoms with Gasteiger partial charge >= 0.3 is 0 Å². The lowest BCUT2D eigenvalue weighted by molar-refractivity contribution is -0.120. The van der Waals surface area contributed by atoms with Gasteiger partial charge in [0.1, 0.15) is 12.4 Å². The molecule has 1 aliphatic heterocycles. The van der Waals surface area contributed by atoms with Gasteiger partial charge in [-0.1, -0.05) is 12.1 Å². The Morgan fingerprint density at radius 2 is 1.70 bits per heavy atom. The summed E-state index contributed by atoms with van der Waals surface area (Å²) in [6.45, 7) is 2.50. The van der Waals surface area contributed by atoms with Gasteiger partial charge in [0.2, 0.25) is 0 Å². The second-order valence-corrected chi connectivity index (χ2v) is 4.44. The van der Waals surface area contributed by atoms with Gasteiger partial charge in [-0.2, -0.15) is 0 Å². The van der Waals surface area contributed by atoms with Crippen LogP contribution >= 0.6 is 0 Å². The third-order valence-corrected chi connectivity index (χ3v) is 2.91. The summed E-state index contributed by atoms with van der Waals surface area (Å²) >= 11 is 0. The highest BCUT2D eigenvalue weighted by Crippen LogP contribution is 2.26. The molecule has 0 saturated carbocycles. The van der Waals surface area contributed by atoms with E-state index in [1.54, 1.807) is 0 Å². The Morgan fingerprint density at radius 1 is 0.950 bits per heavy atom. The van der Waals surface area contributed by atoms with Crippen LogP contribution in [0.2, 0.25) is 0 Å². The fraction of sp³-hybridized carbons (Fsp3) is 0.533. The molecule has 0 bridgehead atoms. The number of benzene rings is 1. The third kappa shape index (κ3) is 4.83. The largest absolute Gasteiger partial charge is 0.490 e. The SMILES string of the molecule is O=CC1CCOc2ccccc2OCCCOCCO1. The van der Waals surface area contributed by atoms with Crippen molar-refractivity contribution in [2.45, 2.75) is 18.9 Å². The second-order valence-electron chi connectivity index (χ2n) is 4.44. The monoisotopic (exact) mass is 280 g/mol. The molecule has 5 nitrogen and oxygen atoms in total. The maximum Gasteiger partial charge on any atom is 0.161 e. The van der Waals surface area contributed by atoms with Crippen LogP contribution in [0, 0.1) is 0 Å². The number of carbonyl (C=O) groups excluding carboxylic acids is 1. The maximum atomic E-state index is 10.9. The number of hydrogen-bond donors (Lipinski definition) is 0. The van der Waals surface area contributed by atoms with Crippen molar-refractivity contribution in [3.8, 4) is 11.5 Å². The molecule has 1 unspecified atom stereocenters. The second kappa shape index (κ2) is 8.55. The number of hydrogen-bond acceptors (Lipinski definition) is 5. The van der Waals surface area contributed by atoms with E-state index in [1.807, 2.05) is 24.3 Å². The third-order valence-electron chi connectivity index (χ3n) is 2.91. The Morgan fingerprint density at radius 3 is 2.45 bits per heavy atom. The van der Waals surface area contributed by atoms with Crippen LogP contribution in [0.5, 0.6) is 11.5 Å². The molecule has 0 aromatic heterocycles. The molecule has 1 heterocycles. The first kappa shape index (κ1) is 14.8. The lowest BCUT2D eigenvalue weighted by Gasteiger charge is -2.16. The molecule has 0 spiro atoms. The molecule has 1 aromatic rings. The summed E-state index contributed by atoms with van der Waals surface area (Å²) in [5.74, 6) is 1.41. The predicted molar refractivity (Wildman–Crippen MR) is 73.3 cm³/mol. The molecule has 1 atom stereocenters. The van der Waals surface area contributed by atoms with Gasteiger partial charge in [0.25, 0.3) is 0 Å². The summed E-state index contributed by atoms with van der Waals surface area (Å²) in [5.41, 5.74) is 0. The summed E-state index contributed by atoms with van der Waals surface area (Å²) in [6, 6.07) is 7.52. The van der Waals surface area contributed by atoms with Crippen molar-refractivity contribution in [3.05, 3.63) is 24.3 Å². The molecule has 20 heavy (non-hydrogen) atoms. The summed E-state index contributed by atoms with van der Waals surface area (Å²) in [4.78, 5) is 10.9. The van der Waals surface area contributed by atoms with Crippen LogP contribution in [-0.2, 0) is 14.3 Å². The zero-order chi connectivity index (χ0) is 14.0. The first-order valence-corrected chi connectivity index (χ1v) is 6.89. The Balaban J connectivity index is 1.97. The van der Waals surface area contributed by atoms with E-state index < -0.39 is 6.10 Å². The van der Waals surface area contributed by atoms with E-state index in [0.717, 1.165) is 12.7 Å². The van der Waals surface area contributed by atoms with Crippen molar-refractivity contribution in [2.75, 3.05) is 33.0 Å². The zero-order valence-corrected chi connectivity index (χ0v) is 11.5. The van der Waals surface area contributed by atoms with Crippen LogP contribution in [0.4, 0.5) is 0 Å². The van der Waals surface area contributed by atoms with Crippen molar-refractivity contribution in [1.29, 1.82) is 0 Å². The molecule has 1 aliphatic rings. The fourth-order valence-corrected chi connectivity index (χ4v) is 1.87. The molecule has 5 heteroatoms. The number of para-hydroxylation sites is 2. The highest BCUT2D eigenvalue weighted by molar-refractivity contribution is 5.55. The van der Waals surface area contributed by atoms with Gasteiger partial charge in [-0.25, -0.2) is 0 Å². The molecule has 1 aromatic carbocycles. The van der Waals surface area contributed by atoms with Crippen LogP contribution in [0.15, 0.2) is 24.3 Å². The standard InChI is InChI=1S/C15H20O5/c16-12-13-6-9-20-15-5-2-1-4-14(15)19-8-3-7-17-10-11-18-13/h1-2,4-5,12-13H,3,6-11H2. The van der Waals surface area contributed by atoms with Crippen LogP contribution in [0.25, 0.3) is 0 Å². The van der Waals surface area contributed by atoms with Gasteiger partial charge in [0.15, 0.2) is 11.5 Å². The molecule has 110 valence electrons. The highest BCUT2D eigenvalue weighted by Gasteiger charge is 2.10. The van der Waals surface area contributed by atoms with E-state index >= 15 is 0 Å². The normalized spacial score (nSPS) is 21.7. The van der Waals surface area contributed by atoms with Gasteiger partial charge < -0.3 is 23.7 Å². The van der Waals surface area contributed by atoms with Gasteiger partial charge in [-0.3, -0.25) is 0 Å². The topological polar surface area (TPSA) is 54.0 Å². The lowest BCUT2D eigenvalue weighted by atomic mass is 10.3. The van der Waals surface area contributed by atoms with Crippen LogP contribution in [0.3, 0.4) is 0 Å². The smallest absolute Gasteiger partial charge is 0.161 e. The van der Waals surface area contributed by atoms with Gasteiger partial charge in [-0.05, 0) is 12.1 Å². The predicted octanol–water partition coefficient (Wildman–Crippen LogP) is 1.84. The first-order chi connectivity index (χ1) is 9.90. The molecular weight excluding hydrogens is 260 g/mol. The van der Waals surface area contributed by atoms with E-state index in [1.165, 1.54) is 0 Å². The Hall–Kier alpha value is -1.59. The minimum absolute atomic E-state index is 0.407. The fourth-order valence-electron chi connectivity index (χ4n) is 1.87. The molecule has 2 rings (SSSR count). The van der Waals surface area contributed by atoms with Gasteiger partial charge in [0, 0.05) is 19.4 Å². The Bertz CT molecular complexity index is 407. The molecule has 0 saturated heterocycles. The molecule has 0 aliphatic carbocycles. The summed E-state index contributed by atoms with van der Waals surface area (Å²) < 4.78 is 22.2. The quantitative estimate of drug-likeness (QED) is 0.735. The van der Waals surface area contributed by atoms with Crippen molar-refractivity contribution < 1.29 is 23.7 Å². The van der Waals surface area contributed by atoms with Crippen LogP contribution in [-0.4, -0.2) is 45.4 Å². The Labute approximate surface area is 118 Å². The molecular formula is C15H20O5. The number of ether oxygens (including phenoxy) is 4. The van der Waals surface area contributed by atoms with Crippen molar-refractivity contribution >= 4 is 6.29 Å². The maximum absolute atomic E-state index is 10.9. The zero-order valence-electron chi connectivity index (χ0n) is 11.5. The highest BCUT2D eigenvalue weighted by atomic mass is 16.5. The molecule has 0 radical (unpaired) electrons. The van der Waals surface area contributed by atoms with Crippen molar-refractivity contribution in [1.82, 2.24) is 0 Å². The number of carbonyl (C=O) groups is 1. The average molecular weight is 280 g/mol. The number of aldehydes is 1. The van der Waals surface area contributed by atoms with E-state index in [2.05, 4.69) is 0 Å².